The minimum atomic E-state index is -4.74. The molecule has 13 heteroatoms. The standard InChI is InChI=1S/C25H21F6N3O3S/c26-18-8-16(9-20(12-18)37-24(27)28)15-4-5-22-23(10-15)34(14-19-13-32-6-7-33(19)22)38(35,36)21-3-1-2-17(11-21)25(29,30)31/h1-5,8-12,19,24,32H,6-7,13-14H2/t19-/m0/s1. The number of nitrogens with one attached hydrogen (secondary N) is 1. The number of alkyl halides is 5. The lowest BCUT2D eigenvalue weighted by Gasteiger charge is -2.46. The smallest absolute Gasteiger partial charge is 0.416 e. The lowest BCUT2D eigenvalue weighted by Crippen LogP contribution is -2.59. The SMILES string of the molecule is O=S(=O)(c1cccc(C(F)(F)F)c1)N1C[C@@H]2CNCCN2c2ccc(-c3cc(F)cc(OC(F)F)c3)cc21. The van der Waals surface area contributed by atoms with Crippen LogP contribution in [-0.4, -0.2) is 47.3 Å². The van der Waals surface area contributed by atoms with Crippen molar-refractivity contribution in [2.45, 2.75) is 23.7 Å². The van der Waals surface area contributed by atoms with Crippen LogP contribution in [0.15, 0.2) is 65.6 Å². The number of hydrogen-bond acceptors (Lipinski definition) is 5. The molecule has 0 unspecified atom stereocenters. The number of rotatable bonds is 5. The van der Waals surface area contributed by atoms with Gasteiger partial charge in [-0.15, -0.1) is 0 Å². The minimum Gasteiger partial charge on any atom is -0.435 e. The van der Waals surface area contributed by atoms with Crippen LogP contribution in [0.4, 0.5) is 37.7 Å². The third-order valence-corrected chi connectivity index (χ3v) is 8.24. The third-order valence-electron chi connectivity index (χ3n) is 6.46. The fraction of sp³-hybridized carbons (Fsp3) is 0.280. The molecular formula is C25H21F6N3O3S. The Balaban J connectivity index is 1.63. The average molecular weight is 558 g/mol. The van der Waals surface area contributed by atoms with E-state index in [9.17, 15) is 34.8 Å². The van der Waals surface area contributed by atoms with Crippen LogP contribution in [0, 0.1) is 5.82 Å². The highest BCUT2D eigenvalue weighted by Crippen LogP contribution is 2.42. The van der Waals surface area contributed by atoms with Crippen LogP contribution in [0.25, 0.3) is 11.1 Å². The summed E-state index contributed by atoms with van der Waals surface area (Å²) >= 11 is 0. The van der Waals surface area contributed by atoms with Gasteiger partial charge in [0.1, 0.15) is 11.6 Å². The van der Waals surface area contributed by atoms with Gasteiger partial charge in [-0.05, 0) is 53.6 Å². The van der Waals surface area contributed by atoms with Crippen LogP contribution < -0.4 is 19.3 Å². The predicted octanol–water partition coefficient (Wildman–Crippen LogP) is 5.10. The summed E-state index contributed by atoms with van der Waals surface area (Å²) in [5, 5.41) is 3.19. The number of halogens is 6. The summed E-state index contributed by atoms with van der Waals surface area (Å²) in [7, 11) is -4.46. The molecule has 0 spiro atoms. The molecule has 2 aliphatic rings. The highest BCUT2D eigenvalue weighted by molar-refractivity contribution is 7.92. The van der Waals surface area contributed by atoms with Gasteiger partial charge in [0.25, 0.3) is 10.0 Å². The first kappa shape index (κ1) is 26.2. The molecule has 1 fully saturated rings. The summed E-state index contributed by atoms with van der Waals surface area (Å²) in [6.07, 6.45) is -4.74. The van der Waals surface area contributed by atoms with Crippen molar-refractivity contribution < 1.29 is 39.5 Å². The normalized spacial score (nSPS) is 17.8. The summed E-state index contributed by atoms with van der Waals surface area (Å²) in [6, 6.07) is 11.0. The molecule has 1 saturated heterocycles. The second-order valence-electron chi connectivity index (χ2n) is 8.87. The van der Waals surface area contributed by atoms with Gasteiger partial charge in [-0.2, -0.15) is 22.0 Å². The molecule has 0 radical (unpaired) electrons. The lowest BCUT2D eigenvalue weighted by molar-refractivity contribution is -0.137. The summed E-state index contributed by atoms with van der Waals surface area (Å²) in [6.45, 7) is -1.58. The molecule has 3 aromatic rings. The second-order valence-corrected chi connectivity index (χ2v) is 10.7. The van der Waals surface area contributed by atoms with Crippen LogP contribution in [0.3, 0.4) is 0 Å². The Kier molecular flexibility index (Phi) is 6.68. The number of benzene rings is 3. The van der Waals surface area contributed by atoms with Crippen molar-refractivity contribution >= 4 is 21.4 Å². The fourth-order valence-corrected chi connectivity index (χ4v) is 6.32. The van der Waals surface area contributed by atoms with Crippen molar-refractivity contribution in [3.8, 4) is 16.9 Å². The molecule has 0 amide bonds. The number of hydrogen-bond donors (Lipinski definition) is 1. The van der Waals surface area contributed by atoms with E-state index in [2.05, 4.69) is 10.1 Å². The molecule has 1 atom stereocenters. The van der Waals surface area contributed by atoms with Crippen molar-refractivity contribution in [1.82, 2.24) is 5.32 Å². The van der Waals surface area contributed by atoms with Gasteiger partial charge in [-0.3, -0.25) is 4.31 Å². The maximum absolute atomic E-state index is 14.2. The quantitative estimate of drug-likeness (QED) is 0.443. The fourth-order valence-electron chi connectivity index (χ4n) is 4.76. The van der Waals surface area contributed by atoms with Crippen LogP contribution in [0.2, 0.25) is 0 Å². The van der Waals surface area contributed by atoms with Crippen LogP contribution in [-0.2, 0) is 16.2 Å². The van der Waals surface area contributed by atoms with Crippen LogP contribution in [0.1, 0.15) is 5.56 Å². The zero-order chi connectivity index (χ0) is 27.2. The van der Waals surface area contributed by atoms with Gasteiger partial charge in [0.15, 0.2) is 0 Å². The van der Waals surface area contributed by atoms with E-state index in [0.717, 1.165) is 34.6 Å². The van der Waals surface area contributed by atoms with Gasteiger partial charge < -0.3 is 15.0 Å². The monoisotopic (exact) mass is 557 g/mol. The maximum atomic E-state index is 14.2. The first-order chi connectivity index (χ1) is 17.9. The number of sulfonamides is 1. The second kappa shape index (κ2) is 9.70. The zero-order valence-electron chi connectivity index (χ0n) is 19.6. The molecule has 0 saturated carbocycles. The van der Waals surface area contributed by atoms with Crippen molar-refractivity contribution in [1.29, 1.82) is 0 Å². The van der Waals surface area contributed by atoms with Crippen LogP contribution >= 0.6 is 0 Å². The molecule has 6 nitrogen and oxygen atoms in total. The first-order valence-electron chi connectivity index (χ1n) is 11.5. The Bertz CT molecular complexity index is 1460. The van der Waals surface area contributed by atoms with Crippen molar-refractivity contribution in [3.63, 3.8) is 0 Å². The Morgan fingerprint density at radius 3 is 2.50 bits per heavy atom. The van der Waals surface area contributed by atoms with E-state index >= 15 is 0 Å². The van der Waals surface area contributed by atoms with E-state index in [1.165, 1.54) is 12.1 Å². The summed E-state index contributed by atoms with van der Waals surface area (Å²) in [4.78, 5) is 1.48. The van der Waals surface area contributed by atoms with Crippen LogP contribution in [0.5, 0.6) is 5.75 Å². The molecule has 1 N–H and O–H groups in total. The van der Waals surface area contributed by atoms with Gasteiger partial charge in [0.2, 0.25) is 0 Å². The highest BCUT2D eigenvalue weighted by Gasteiger charge is 2.39. The van der Waals surface area contributed by atoms with E-state index in [1.54, 1.807) is 12.1 Å². The molecule has 2 aliphatic heterocycles. The molecule has 5 rings (SSSR count). The topological polar surface area (TPSA) is 61.9 Å². The van der Waals surface area contributed by atoms with Gasteiger partial charge in [0, 0.05) is 25.7 Å². The molecule has 38 heavy (non-hydrogen) atoms. The number of anilines is 2. The molecule has 202 valence electrons. The Morgan fingerprint density at radius 2 is 1.76 bits per heavy atom. The van der Waals surface area contributed by atoms with Crippen molar-refractivity contribution in [2.24, 2.45) is 0 Å². The largest absolute Gasteiger partial charge is 0.435 e. The van der Waals surface area contributed by atoms with E-state index in [0.29, 0.717) is 37.0 Å². The number of nitrogens with zero attached hydrogens (tertiary/aromatic N) is 2. The molecule has 0 aromatic heterocycles. The maximum Gasteiger partial charge on any atom is 0.416 e. The third kappa shape index (κ3) is 4.99. The van der Waals surface area contributed by atoms with E-state index < -0.39 is 44.8 Å². The van der Waals surface area contributed by atoms with Crippen molar-refractivity contribution in [2.75, 3.05) is 35.4 Å². The molecule has 2 heterocycles. The molecule has 0 aliphatic carbocycles. The van der Waals surface area contributed by atoms with E-state index in [1.807, 2.05) is 4.90 Å². The van der Waals surface area contributed by atoms with Crippen molar-refractivity contribution in [3.05, 3.63) is 72.0 Å². The van der Waals surface area contributed by atoms with E-state index in [4.69, 9.17) is 0 Å². The van der Waals surface area contributed by atoms with Gasteiger partial charge >= 0.3 is 12.8 Å². The highest BCUT2D eigenvalue weighted by atomic mass is 32.2. The van der Waals surface area contributed by atoms with Gasteiger partial charge in [-0.1, -0.05) is 12.1 Å². The molecular weight excluding hydrogens is 536 g/mol. The average Bonchev–Trinajstić information content (AvgIpc) is 2.86. The number of fused-ring (bicyclic) bond motifs is 3. The van der Waals surface area contributed by atoms with E-state index in [-0.39, 0.29) is 23.8 Å². The summed E-state index contributed by atoms with van der Waals surface area (Å²) in [5.41, 5.74) is 0.0699. The lowest BCUT2D eigenvalue weighted by atomic mass is 10.0. The summed E-state index contributed by atoms with van der Waals surface area (Å²) < 4.78 is 112. The molecule has 3 aromatic carbocycles. The van der Waals surface area contributed by atoms with Gasteiger partial charge in [-0.25, -0.2) is 12.8 Å². The molecule has 0 bridgehead atoms. The Morgan fingerprint density at radius 1 is 0.974 bits per heavy atom. The summed E-state index contributed by atoms with van der Waals surface area (Å²) in [5.74, 6) is -1.25. The number of ether oxygens (including phenoxy) is 1. The first-order valence-corrected chi connectivity index (χ1v) is 12.9. The number of piperazine rings is 1. The zero-order valence-corrected chi connectivity index (χ0v) is 20.4. The predicted molar refractivity (Wildman–Crippen MR) is 128 cm³/mol. The Hall–Kier alpha value is -3.45. The van der Waals surface area contributed by atoms with Gasteiger partial charge in [0.05, 0.1) is 34.4 Å². The minimum absolute atomic E-state index is 0.0507. The Labute approximate surface area is 214 Å².